The lowest BCUT2D eigenvalue weighted by Crippen LogP contribution is -2.27. The number of carbonyl (C=O) groups excluding carboxylic acids is 3. The highest BCUT2D eigenvalue weighted by Crippen LogP contribution is 2.26. The standard InChI is InChI=1S/C13H15BrFN3O2.C5H10O2/c1-18-3-2-7(6-18)13(20)17-11-5-9(14)10(15)4-8(11)12(16)19;1-5(2,3)7-4-6/h4-5,7H,2-3,6H2,1H3,(H2,16,19)(H,17,20);4H,1-3H3. The Kier molecular flexibility index (Phi) is 8.36. The van der Waals surface area contributed by atoms with Crippen LogP contribution in [0.4, 0.5) is 10.1 Å². The molecule has 2 rings (SSSR count). The average Bonchev–Trinajstić information content (AvgIpc) is 2.96. The van der Waals surface area contributed by atoms with Gasteiger partial charge in [0.25, 0.3) is 12.4 Å². The summed E-state index contributed by atoms with van der Waals surface area (Å²) in [5, 5.41) is 2.66. The molecule has 0 aromatic heterocycles. The van der Waals surface area contributed by atoms with Crippen LogP contribution in [0.5, 0.6) is 0 Å². The number of rotatable bonds is 4. The molecule has 7 nitrogen and oxygen atoms in total. The molecule has 1 saturated heterocycles. The molecule has 3 N–H and O–H groups in total. The van der Waals surface area contributed by atoms with Crippen LogP contribution in [0.3, 0.4) is 0 Å². The summed E-state index contributed by atoms with van der Waals surface area (Å²) in [5.41, 5.74) is 5.08. The number of anilines is 1. The van der Waals surface area contributed by atoms with Gasteiger partial charge in [-0.05, 0) is 68.8 Å². The number of carbonyl (C=O) groups is 3. The van der Waals surface area contributed by atoms with E-state index >= 15 is 0 Å². The molecule has 2 amide bonds. The molecule has 1 aromatic carbocycles. The fraction of sp³-hybridized carbons (Fsp3) is 0.500. The maximum absolute atomic E-state index is 13.4. The van der Waals surface area contributed by atoms with E-state index in [4.69, 9.17) is 5.73 Å². The molecule has 1 aromatic rings. The lowest BCUT2D eigenvalue weighted by Gasteiger charge is -2.14. The summed E-state index contributed by atoms with van der Waals surface area (Å²) in [6, 6.07) is 2.37. The number of benzene rings is 1. The van der Waals surface area contributed by atoms with Gasteiger partial charge in [-0.2, -0.15) is 0 Å². The molecule has 1 fully saturated rings. The van der Waals surface area contributed by atoms with Crippen molar-refractivity contribution in [3.63, 3.8) is 0 Å². The van der Waals surface area contributed by atoms with E-state index in [9.17, 15) is 18.8 Å². The van der Waals surface area contributed by atoms with Gasteiger partial charge in [-0.25, -0.2) is 4.39 Å². The highest BCUT2D eigenvalue weighted by Gasteiger charge is 2.27. The molecule has 0 aliphatic carbocycles. The Morgan fingerprint density at radius 1 is 1.41 bits per heavy atom. The summed E-state index contributed by atoms with van der Waals surface area (Å²) < 4.78 is 18.2. The van der Waals surface area contributed by atoms with Gasteiger partial charge in [-0.3, -0.25) is 14.4 Å². The Balaban J connectivity index is 0.000000445. The second kappa shape index (κ2) is 9.80. The zero-order valence-corrected chi connectivity index (χ0v) is 17.4. The minimum atomic E-state index is -0.782. The van der Waals surface area contributed by atoms with Crippen molar-refractivity contribution in [2.45, 2.75) is 32.8 Å². The van der Waals surface area contributed by atoms with E-state index in [1.54, 1.807) is 0 Å². The van der Waals surface area contributed by atoms with Crippen molar-refractivity contribution in [1.82, 2.24) is 4.90 Å². The minimum absolute atomic E-state index is 0.0367. The Bertz CT molecular complexity index is 707. The molecule has 150 valence electrons. The molecule has 0 saturated carbocycles. The highest BCUT2D eigenvalue weighted by molar-refractivity contribution is 9.10. The topological polar surface area (TPSA) is 102 Å². The smallest absolute Gasteiger partial charge is 0.293 e. The number of primary amides is 1. The second-order valence-corrected chi connectivity index (χ2v) is 8.09. The van der Waals surface area contributed by atoms with Crippen LogP contribution in [0.25, 0.3) is 0 Å². The Morgan fingerprint density at radius 2 is 2.04 bits per heavy atom. The molecule has 0 spiro atoms. The molecule has 9 heteroatoms. The third-order valence-electron chi connectivity index (χ3n) is 3.75. The molecule has 1 unspecified atom stereocenters. The largest absolute Gasteiger partial charge is 0.462 e. The van der Waals surface area contributed by atoms with Crippen molar-refractivity contribution < 1.29 is 23.5 Å². The molecule has 1 aliphatic heterocycles. The van der Waals surface area contributed by atoms with E-state index in [0.717, 1.165) is 19.0 Å². The number of nitrogens with one attached hydrogen (secondary N) is 1. The molecular formula is C18H25BrFN3O4. The van der Waals surface area contributed by atoms with E-state index in [2.05, 4.69) is 30.9 Å². The number of halogens is 2. The van der Waals surface area contributed by atoms with Crippen molar-refractivity contribution in [2.75, 3.05) is 25.5 Å². The number of hydrogen-bond donors (Lipinski definition) is 2. The average molecular weight is 446 g/mol. The van der Waals surface area contributed by atoms with Gasteiger partial charge in [0.1, 0.15) is 11.4 Å². The zero-order chi connectivity index (χ0) is 20.8. The predicted octanol–water partition coefficient (Wildman–Crippen LogP) is 2.54. The highest BCUT2D eigenvalue weighted by atomic mass is 79.9. The van der Waals surface area contributed by atoms with Crippen LogP contribution in [0.1, 0.15) is 37.6 Å². The van der Waals surface area contributed by atoms with E-state index in [-0.39, 0.29) is 33.1 Å². The van der Waals surface area contributed by atoms with Gasteiger partial charge in [-0.15, -0.1) is 0 Å². The van der Waals surface area contributed by atoms with E-state index in [1.807, 2.05) is 27.8 Å². The number of likely N-dealkylation sites (tertiary alicyclic amines) is 1. The second-order valence-electron chi connectivity index (χ2n) is 7.24. The van der Waals surface area contributed by atoms with Gasteiger partial charge in [0.05, 0.1) is 21.6 Å². The van der Waals surface area contributed by atoms with Crippen LogP contribution in [-0.4, -0.2) is 48.9 Å². The summed E-state index contributed by atoms with van der Waals surface area (Å²) in [6.45, 7) is 7.44. The fourth-order valence-corrected chi connectivity index (χ4v) is 2.73. The summed E-state index contributed by atoms with van der Waals surface area (Å²) in [5.74, 6) is -1.70. The Morgan fingerprint density at radius 3 is 2.44 bits per heavy atom. The van der Waals surface area contributed by atoms with E-state index < -0.39 is 11.7 Å². The van der Waals surface area contributed by atoms with Crippen LogP contribution in [0, 0.1) is 11.7 Å². The monoisotopic (exact) mass is 445 g/mol. The maximum atomic E-state index is 13.4. The first-order chi connectivity index (χ1) is 12.4. The Labute approximate surface area is 166 Å². The lowest BCUT2D eigenvalue weighted by atomic mass is 10.1. The molecular weight excluding hydrogens is 421 g/mol. The van der Waals surface area contributed by atoms with Crippen molar-refractivity contribution in [3.8, 4) is 0 Å². The first-order valence-electron chi connectivity index (χ1n) is 8.34. The zero-order valence-electron chi connectivity index (χ0n) is 15.8. The van der Waals surface area contributed by atoms with Gasteiger partial charge < -0.3 is 20.7 Å². The summed E-state index contributed by atoms with van der Waals surface area (Å²) in [7, 11) is 1.94. The molecule has 1 aliphatic rings. The van der Waals surface area contributed by atoms with Crippen molar-refractivity contribution in [3.05, 3.63) is 28.0 Å². The number of hydrogen-bond acceptors (Lipinski definition) is 5. The molecule has 0 radical (unpaired) electrons. The predicted molar refractivity (Wildman–Crippen MR) is 104 cm³/mol. The van der Waals surface area contributed by atoms with Crippen LogP contribution in [-0.2, 0) is 14.3 Å². The van der Waals surface area contributed by atoms with E-state index in [1.165, 1.54) is 6.07 Å². The van der Waals surface area contributed by atoms with Gasteiger partial charge in [-0.1, -0.05) is 0 Å². The summed E-state index contributed by atoms with van der Waals surface area (Å²) >= 11 is 3.03. The number of ether oxygens (including phenoxy) is 1. The van der Waals surface area contributed by atoms with Crippen molar-refractivity contribution in [2.24, 2.45) is 11.7 Å². The van der Waals surface area contributed by atoms with Gasteiger partial charge >= 0.3 is 0 Å². The van der Waals surface area contributed by atoms with Gasteiger partial charge in [0.15, 0.2) is 0 Å². The van der Waals surface area contributed by atoms with Crippen molar-refractivity contribution in [1.29, 1.82) is 0 Å². The SMILES string of the molecule is CC(C)(C)OC=O.CN1CCC(C(=O)Nc2cc(Br)c(F)cc2C(N)=O)C1. The fourth-order valence-electron chi connectivity index (χ4n) is 2.38. The number of nitrogens with two attached hydrogens (primary N) is 1. The third-order valence-corrected chi connectivity index (χ3v) is 4.36. The Hall–Kier alpha value is -2.00. The summed E-state index contributed by atoms with van der Waals surface area (Å²) in [6.07, 6.45) is 0.761. The normalized spacial score (nSPS) is 16.9. The first-order valence-corrected chi connectivity index (χ1v) is 9.13. The molecule has 1 atom stereocenters. The number of nitrogens with zero attached hydrogens (tertiary/aromatic N) is 1. The van der Waals surface area contributed by atoms with Crippen LogP contribution >= 0.6 is 15.9 Å². The first kappa shape index (κ1) is 23.0. The number of amides is 2. The third kappa shape index (κ3) is 7.64. The van der Waals surface area contributed by atoms with E-state index in [0.29, 0.717) is 13.0 Å². The minimum Gasteiger partial charge on any atom is -0.462 e. The van der Waals surface area contributed by atoms with Crippen LogP contribution in [0.15, 0.2) is 16.6 Å². The lowest BCUT2D eigenvalue weighted by molar-refractivity contribution is -0.138. The van der Waals surface area contributed by atoms with Crippen molar-refractivity contribution >= 4 is 39.9 Å². The molecule has 0 bridgehead atoms. The van der Waals surface area contributed by atoms with Gasteiger partial charge in [0.2, 0.25) is 5.91 Å². The quantitative estimate of drug-likeness (QED) is 0.693. The van der Waals surface area contributed by atoms with Crippen LogP contribution < -0.4 is 11.1 Å². The molecule has 1 heterocycles. The maximum Gasteiger partial charge on any atom is 0.293 e. The summed E-state index contributed by atoms with van der Waals surface area (Å²) in [4.78, 5) is 35.1. The molecule has 27 heavy (non-hydrogen) atoms. The van der Waals surface area contributed by atoms with Gasteiger partial charge in [0, 0.05) is 6.54 Å². The van der Waals surface area contributed by atoms with Crippen LogP contribution in [0.2, 0.25) is 0 Å².